The van der Waals surface area contributed by atoms with Gasteiger partial charge in [-0.2, -0.15) is 0 Å². The van der Waals surface area contributed by atoms with Crippen LogP contribution in [0, 0.1) is 0 Å². The van der Waals surface area contributed by atoms with Gasteiger partial charge in [0.2, 0.25) is 5.89 Å². The van der Waals surface area contributed by atoms with Gasteiger partial charge >= 0.3 is 0 Å². The Hall–Kier alpha value is -1.73. The fraction of sp³-hybridized carbons (Fsp3) is 0.467. The maximum atomic E-state index is 5.70. The van der Waals surface area contributed by atoms with Gasteiger partial charge in [0.25, 0.3) is 5.22 Å². The molecule has 0 unspecified atom stereocenters. The highest BCUT2D eigenvalue weighted by Gasteiger charge is 2.18. The maximum Gasteiger partial charge on any atom is 0.276 e. The second-order valence-corrected chi connectivity index (χ2v) is 5.89. The molecule has 0 radical (unpaired) electrons. The van der Waals surface area contributed by atoms with Gasteiger partial charge in [-0.25, -0.2) is 0 Å². The normalized spacial score (nSPS) is 17.6. The van der Waals surface area contributed by atoms with Crippen molar-refractivity contribution < 1.29 is 18.6 Å². The molecule has 1 saturated heterocycles. The highest BCUT2D eigenvalue weighted by Crippen LogP contribution is 2.31. The van der Waals surface area contributed by atoms with Crippen molar-refractivity contribution in [3.05, 3.63) is 18.2 Å². The second-order valence-electron chi connectivity index (χ2n) is 4.92. The third-order valence-corrected chi connectivity index (χ3v) is 4.37. The van der Waals surface area contributed by atoms with E-state index in [0.717, 1.165) is 30.8 Å². The molecule has 0 amide bonds. The van der Waals surface area contributed by atoms with E-state index in [2.05, 4.69) is 10.2 Å². The SMILES string of the molecule is COc1cc(OC)cc(-c2nnc(SC[C@@H]3CCCO3)o2)c1. The van der Waals surface area contributed by atoms with Crippen LogP contribution in [0.3, 0.4) is 0 Å². The van der Waals surface area contributed by atoms with Crippen molar-refractivity contribution in [3.63, 3.8) is 0 Å². The largest absolute Gasteiger partial charge is 0.497 e. The Kier molecular flexibility index (Phi) is 4.84. The van der Waals surface area contributed by atoms with Crippen molar-refractivity contribution in [1.29, 1.82) is 0 Å². The molecule has 1 aliphatic heterocycles. The monoisotopic (exact) mass is 322 g/mol. The summed E-state index contributed by atoms with van der Waals surface area (Å²) in [6, 6.07) is 5.47. The molecule has 0 saturated carbocycles. The molecule has 6 nitrogen and oxygen atoms in total. The van der Waals surface area contributed by atoms with Crippen molar-refractivity contribution in [2.45, 2.75) is 24.2 Å². The van der Waals surface area contributed by atoms with E-state index >= 15 is 0 Å². The Morgan fingerprint density at radius 3 is 2.59 bits per heavy atom. The fourth-order valence-electron chi connectivity index (χ4n) is 2.26. The van der Waals surface area contributed by atoms with Crippen molar-refractivity contribution in [2.24, 2.45) is 0 Å². The lowest BCUT2D eigenvalue weighted by atomic mass is 10.2. The van der Waals surface area contributed by atoms with Gasteiger partial charge in [0.05, 0.1) is 20.3 Å². The Labute approximate surface area is 133 Å². The first-order valence-corrected chi connectivity index (χ1v) is 8.08. The number of benzene rings is 1. The lowest BCUT2D eigenvalue weighted by molar-refractivity contribution is 0.128. The van der Waals surface area contributed by atoms with E-state index in [9.17, 15) is 0 Å². The van der Waals surface area contributed by atoms with Gasteiger partial charge in [-0.3, -0.25) is 0 Å². The summed E-state index contributed by atoms with van der Waals surface area (Å²) >= 11 is 1.53. The molecule has 1 fully saturated rings. The molecule has 118 valence electrons. The number of methoxy groups -OCH3 is 2. The molecule has 1 aromatic heterocycles. The van der Waals surface area contributed by atoms with Crippen LogP contribution in [0.25, 0.3) is 11.5 Å². The number of hydrogen-bond donors (Lipinski definition) is 0. The average molecular weight is 322 g/mol. The van der Waals surface area contributed by atoms with E-state index in [1.54, 1.807) is 20.3 Å². The van der Waals surface area contributed by atoms with Crippen LogP contribution in [0.1, 0.15) is 12.8 Å². The molecule has 1 aliphatic rings. The quantitative estimate of drug-likeness (QED) is 0.757. The van der Waals surface area contributed by atoms with Crippen LogP contribution >= 0.6 is 11.8 Å². The molecule has 3 rings (SSSR count). The lowest BCUT2D eigenvalue weighted by Crippen LogP contribution is -2.07. The third-order valence-electron chi connectivity index (χ3n) is 3.42. The molecule has 0 bridgehead atoms. The zero-order valence-corrected chi connectivity index (χ0v) is 13.4. The molecule has 1 aromatic carbocycles. The van der Waals surface area contributed by atoms with Crippen molar-refractivity contribution in [3.8, 4) is 23.0 Å². The number of thioether (sulfide) groups is 1. The fourth-order valence-corrected chi connectivity index (χ4v) is 3.08. The van der Waals surface area contributed by atoms with Crippen molar-refractivity contribution in [2.75, 3.05) is 26.6 Å². The molecule has 2 heterocycles. The number of hydrogen-bond acceptors (Lipinski definition) is 7. The minimum atomic E-state index is 0.289. The van der Waals surface area contributed by atoms with Crippen LogP contribution in [0.4, 0.5) is 0 Å². The Morgan fingerprint density at radius 1 is 1.18 bits per heavy atom. The first kappa shape index (κ1) is 15.2. The predicted molar refractivity (Wildman–Crippen MR) is 82.5 cm³/mol. The highest BCUT2D eigenvalue weighted by atomic mass is 32.2. The first-order chi connectivity index (χ1) is 10.8. The molecule has 7 heteroatoms. The van der Waals surface area contributed by atoms with Gasteiger partial charge in [-0.05, 0) is 25.0 Å². The van der Waals surface area contributed by atoms with Crippen LogP contribution in [0.2, 0.25) is 0 Å². The first-order valence-electron chi connectivity index (χ1n) is 7.10. The molecule has 0 N–H and O–H groups in total. The van der Waals surface area contributed by atoms with E-state index in [0.29, 0.717) is 22.6 Å². The zero-order valence-electron chi connectivity index (χ0n) is 12.6. The van der Waals surface area contributed by atoms with Gasteiger partial charge in [0.15, 0.2) is 0 Å². The molecule has 1 atom stereocenters. The summed E-state index contributed by atoms with van der Waals surface area (Å²) < 4.78 is 21.8. The molecule has 0 aliphatic carbocycles. The topological polar surface area (TPSA) is 66.6 Å². The molecule has 0 spiro atoms. The summed E-state index contributed by atoms with van der Waals surface area (Å²) in [5.41, 5.74) is 0.771. The highest BCUT2D eigenvalue weighted by molar-refractivity contribution is 7.99. The second kappa shape index (κ2) is 7.02. The van der Waals surface area contributed by atoms with Crippen LogP contribution in [0.15, 0.2) is 27.8 Å². The number of ether oxygens (including phenoxy) is 3. The van der Waals surface area contributed by atoms with Gasteiger partial charge in [0, 0.05) is 24.0 Å². The number of rotatable bonds is 6. The number of nitrogens with zero attached hydrogens (tertiary/aromatic N) is 2. The van der Waals surface area contributed by atoms with E-state index in [-0.39, 0.29) is 6.10 Å². The predicted octanol–water partition coefficient (Wildman–Crippen LogP) is 3.02. The summed E-state index contributed by atoms with van der Waals surface area (Å²) in [7, 11) is 3.21. The minimum absolute atomic E-state index is 0.289. The lowest BCUT2D eigenvalue weighted by Gasteiger charge is -2.06. The standard InChI is InChI=1S/C15H18N2O4S/c1-18-12-6-10(7-13(8-12)19-2)14-16-17-15(21-14)22-9-11-4-3-5-20-11/h6-8,11H,3-5,9H2,1-2H3/t11-/m0/s1. The van der Waals surface area contributed by atoms with E-state index < -0.39 is 0 Å². The van der Waals surface area contributed by atoms with Crippen LogP contribution < -0.4 is 9.47 Å². The summed E-state index contributed by atoms with van der Waals surface area (Å²) in [5, 5.41) is 8.72. The van der Waals surface area contributed by atoms with Gasteiger partial charge in [-0.1, -0.05) is 11.8 Å². The smallest absolute Gasteiger partial charge is 0.276 e. The number of aromatic nitrogens is 2. The molecular formula is C15H18N2O4S. The van der Waals surface area contributed by atoms with Crippen LogP contribution in [-0.2, 0) is 4.74 Å². The summed E-state index contributed by atoms with van der Waals surface area (Å²) in [4.78, 5) is 0. The van der Waals surface area contributed by atoms with E-state index in [1.165, 1.54) is 11.8 Å². The van der Waals surface area contributed by atoms with Gasteiger partial charge in [0.1, 0.15) is 11.5 Å². The summed E-state index contributed by atoms with van der Waals surface area (Å²) in [6.45, 7) is 0.851. The summed E-state index contributed by atoms with van der Waals surface area (Å²) in [6.07, 6.45) is 2.52. The molecular weight excluding hydrogens is 304 g/mol. The van der Waals surface area contributed by atoms with Crippen molar-refractivity contribution in [1.82, 2.24) is 10.2 Å². The zero-order chi connectivity index (χ0) is 15.4. The maximum absolute atomic E-state index is 5.70. The van der Waals surface area contributed by atoms with Crippen LogP contribution in [-0.4, -0.2) is 42.9 Å². The third kappa shape index (κ3) is 3.53. The summed E-state index contributed by atoms with van der Waals surface area (Å²) in [5.74, 6) is 2.65. The average Bonchev–Trinajstić information content (AvgIpc) is 3.23. The Balaban J connectivity index is 1.72. The minimum Gasteiger partial charge on any atom is -0.497 e. The molecule has 2 aromatic rings. The molecule has 22 heavy (non-hydrogen) atoms. The Bertz CT molecular complexity index is 604. The van der Waals surface area contributed by atoms with E-state index in [4.69, 9.17) is 18.6 Å². The van der Waals surface area contributed by atoms with Gasteiger partial charge in [-0.15, -0.1) is 10.2 Å². The van der Waals surface area contributed by atoms with E-state index in [1.807, 2.05) is 12.1 Å². The Morgan fingerprint density at radius 2 is 1.95 bits per heavy atom. The van der Waals surface area contributed by atoms with Crippen molar-refractivity contribution >= 4 is 11.8 Å². The van der Waals surface area contributed by atoms with Crippen LogP contribution in [0.5, 0.6) is 11.5 Å². The van der Waals surface area contributed by atoms with Gasteiger partial charge < -0.3 is 18.6 Å².